The highest BCUT2D eigenvalue weighted by atomic mass is 16.5. The van der Waals surface area contributed by atoms with Crippen LogP contribution in [0.2, 0.25) is 0 Å². The van der Waals surface area contributed by atoms with E-state index in [0.717, 1.165) is 5.56 Å². The molecule has 0 unspecified atom stereocenters. The summed E-state index contributed by atoms with van der Waals surface area (Å²) in [7, 11) is 0. The van der Waals surface area contributed by atoms with E-state index in [1.165, 1.54) is 0 Å². The normalized spacial score (nSPS) is 10.5. The van der Waals surface area contributed by atoms with E-state index in [1.54, 1.807) is 0 Å². The van der Waals surface area contributed by atoms with Crippen LogP contribution in [0.1, 0.15) is 18.3 Å². The zero-order valence-corrected chi connectivity index (χ0v) is 9.91. The van der Waals surface area contributed by atoms with Crippen molar-refractivity contribution in [1.82, 2.24) is 9.97 Å². The lowest BCUT2D eigenvalue weighted by Crippen LogP contribution is -2.12. The first-order chi connectivity index (χ1) is 8.11. The Labute approximate surface area is 99.0 Å². The van der Waals surface area contributed by atoms with Gasteiger partial charge in [0.1, 0.15) is 0 Å². The number of benzene rings is 1. The Bertz CT molecular complexity index is 629. The number of nitrogens with one attached hydrogen (secondary N) is 1. The van der Waals surface area contributed by atoms with Gasteiger partial charge in [0, 0.05) is 0 Å². The average molecular weight is 230 g/mol. The molecule has 1 aromatic heterocycles. The molecule has 88 valence electrons. The van der Waals surface area contributed by atoms with Gasteiger partial charge >= 0.3 is 0 Å². The SMILES string of the molecule is C=C(OCC)c1nc2ccc(C)cc2c(=O)[nH]1. The van der Waals surface area contributed by atoms with Crippen molar-refractivity contribution in [1.29, 1.82) is 0 Å². The molecular weight excluding hydrogens is 216 g/mol. The van der Waals surface area contributed by atoms with Crippen molar-refractivity contribution < 1.29 is 4.74 Å². The second-order valence-electron chi connectivity index (χ2n) is 3.79. The zero-order chi connectivity index (χ0) is 12.4. The first-order valence-electron chi connectivity index (χ1n) is 5.44. The molecule has 0 spiro atoms. The molecule has 1 heterocycles. The van der Waals surface area contributed by atoms with E-state index in [9.17, 15) is 4.79 Å². The van der Waals surface area contributed by atoms with Gasteiger partial charge < -0.3 is 9.72 Å². The number of ether oxygens (including phenoxy) is 1. The summed E-state index contributed by atoms with van der Waals surface area (Å²) in [5.74, 6) is 0.764. The molecule has 0 saturated carbocycles. The molecule has 0 atom stereocenters. The quantitative estimate of drug-likeness (QED) is 0.823. The predicted octanol–water partition coefficient (Wildman–Crippen LogP) is 2.24. The van der Waals surface area contributed by atoms with Crippen LogP contribution in [0.3, 0.4) is 0 Å². The van der Waals surface area contributed by atoms with Gasteiger partial charge in [-0.15, -0.1) is 0 Å². The number of aromatic nitrogens is 2. The fourth-order valence-electron chi connectivity index (χ4n) is 1.63. The summed E-state index contributed by atoms with van der Waals surface area (Å²) in [6.07, 6.45) is 0. The van der Waals surface area contributed by atoms with Crippen molar-refractivity contribution in [2.24, 2.45) is 0 Å². The van der Waals surface area contributed by atoms with Gasteiger partial charge in [-0.3, -0.25) is 4.79 Å². The molecule has 4 heteroatoms. The minimum absolute atomic E-state index is 0.172. The summed E-state index contributed by atoms with van der Waals surface area (Å²) >= 11 is 0. The monoisotopic (exact) mass is 230 g/mol. The van der Waals surface area contributed by atoms with Crippen LogP contribution in [0.25, 0.3) is 16.7 Å². The molecule has 0 amide bonds. The number of hydrogen-bond donors (Lipinski definition) is 1. The molecule has 2 aromatic rings. The third-order valence-corrected chi connectivity index (χ3v) is 2.44. The molecule has 4 nitrogen and oxygen atoms in total. The van der Waals surface area contributed by atoms with Crippen molar-refractivity contribution in [2.75, 3.05) is 6.61 Å². The number of nitrogens with zero attached hydrogens (tertiary/aromatic N) is 1. The highest BCUT2D eigenvalue weighted by molar-refractivity contribution is 5.79. The Morgan fingerprint density at radius 3 is 3.00 bits per heavy atom. The van der Waals surface area contributed by atoms with Gasteiger partial charge in [0.25, 0.3) is 5.56 Å². The Hall–Kier alpha value is -2.10. The van der Waals surface area contributed by atoms with Gasteiger partial charge in [-0.25, -0.2) is 4.98 Å². The molecule has 0 radical (unpaired) electrons. The molecule has 0 saturated heterocycles. The second-order valence-corrected chi connectivity index (χ2v) is 3.79. The lowest BCUT2D eigenvalue weighted by molar-refractivity contribution is 0.296. The van der Waals surface area contributed by atoms with E-state index in [2.05, 4.69) is 16.5 Å². The van der Waals surface area contributed by atoms with Crippen molar-refractivity contribution in [3.63, 3.8) is 0 Å². The van der Waals surface area contributed by atoms with Crippen molar-refractivity contribution in [2.45, 2.75) is 13.8 Å². The fourth-order valence-corrected chi connectivity index (χ4v) is 1.63. The van der Waals surface area contributed by atoms with Gasteiger partial charge in [0.2, 0.25) is 0 Å². The van der Waals surface area contributed by atoms with Gasteiger partial charge in [0.05, 0.1) is 17.5 Å². The largest absolute Gasteiger partial charge is 0.491 e. The van der Waals surface area contributed by atoms with Gasteiger partial charge in [-0.2, -0.15) is 0 Å². The van der Waals surface area contributed by atoms with Crippen LogP contribution in [-0.2, 0) is 4.74 Å². The van der Waals surface area contributed by atoms with E-state index in [0.29, 0.717) is 29.1 Å². The average Bonchev–Trinajstić information content (AvgIpc) is 2.30. The smallest absolute Gasteiger partial charge is 0.259 e. The topological polar surface area (TPSA) is 55.0 Å². The number of fused-ring (bicyclic) bond motifs is 1. The van der Waals surface area contributed by atoms with Gasteiger partial charge in [0.15, 0.2) is 11.6 Å². The van der Waals surface area contributed by atoms with Crippen LogP contribution in [0.5, 0.6) is 0 Å². The maximum atomic E-state index is 11.9. The third-order valence-electron chi connectivity index (χ3n) is 2.44. The standard InChI is InChI=1S/C13H14N2O2/c1-4-17-9(3)12-14-11-6-5-8(2)7-10(11)13(16)15-12/h5-7H,3-4H2,1-2H3,(H,14,15,16). The van der Waals surface area contributed by atoms with E-state index in [-0.39, 0.29) is 5.56 Å². The number of H-pyrrole nitrogens is 1. The van der Waals surface area contributed by atoms with Crippen LogP contribution in [0.4, 0.5) is 0 Å². The number of hydrogen-bond acceptors (Lipinski definition) is 3. The summed E-state index contributed by atoms with van der Waals surface area (Å²) in [6, 6.07) is 5.55. The molecule has 0 fully saturated rings. The summed E-state index contributed by atoms with van der Waals surface area (Å²) in [4.78, 5) is 18.9. The Morgan fingerprint density at radius 2 is 2.29 bits per heavy atom. The van der Waals surface area contributed by atoms with E-state index in [4.69, 9.17) is 4.74 Å². The lowest BCUT2D eigenvalue weighted by atomic mass is 10.2. The highest BCUT2D eigenvalue weighted by Crippen LogP contribution is 2.13. The molecule has 0 aliphatic rings. The van der Waals surface area contributed by atoms with E-state index >= 15 is 0 Å². The minimum atomic E-state index is -0.172. The van der Waals surface area contributed by atoms with Gasteiger partial charge in [-0.05, 0) is 26.0 Å². The summed E-state index contributed by atoms with van der Waals surface area (Å²) in [5.41, 5.74) is 1.51. The maximum absolute atomic E-state index is 11.9. The molecule has 2 rings (SSSR count). The predicted molar refractivity (Wildman–Crippen MR) is 67.8 cm³/mol. The van der Waals surface area contributed by atoms with Crippen LogP contribution < -0.4 is 5.56 Å². The third kappa shape index (κ3) is 2.20. The molecule has 1 aromatic carbocycles. The van der Waals surface area contributed by atoms with Crippen LogP contribution in [0.15, 0.2) is 29.6 Å². The van der Waals surface area contributed by atoms with E-state index in [1.807, 2.05) is 32.0 Å². The lowest BCUT2D eigenvalue weighted by Gasteiger charge is -2.06. The summed E-state index contributed by atoms with van der Waals surface area (Å²) in [6.45, 7) is 8.01. The zero-order valence-electron chi connectivity index (χ0n) is 9.91. The molecule has 0 aliphatic carbocycles. The molecule has 0 aliphatic heterocycles. The highest BCUT2D eigenvalue weighted by Gasteiger charge is 2.07. The first-order valence-corrected chi connectivity index (χ1v) is 5.44. The van der Waals surface area contributed by atoms with Crippen LogP contribution in [0, 0.1) is 6.92 Å². The summed E-state index contributed by atoms with van der Waals surface area (Å²) < 4.78 is 5.23. The first kappa shape index (κ1) is 11.4. The Kier molecular flexibility index (Phi) is 2.95. The van der Waals surface area contributed by atoms with Crippen LogP contribution in [-0.4, -0.2) is 16.6 Å². The van der Waals surface area contributed by atoms with Crippen molar-refractivity contribution in [3.8, 4) is 0 Å². The summed E-state index contributed by atoms with van der Waals surface area (Å²) in [5, 5.41) is 0.582. The minimum Gasteiger partial charge on any atom is -0.491 e. The number of aryl methyl sites for hydroxylation is 1. The van der Waals surface area contributed by atoms with E-state index < -0.39 is 0 Å². The molecule has 0 bridgehead atoms. The Morgan fingerprint density at radius 1 is 1.53 bits per heavy atom. The van der Waals surface area contributed by atoms with Crippen molar-refractivity contribution >= 4 is 16.7 Å². The molecule has 17 heavy (non-hydrogen) atoms. The fraction of sp³-hybridized carbons (Fsp3) is 0.231. The number of rotatable bonds is 3. The van der Waals surface area contributed by atoms with Crippen LogP contribution >= 0.6 is 0 Å². The Balaban J connectivity index is 2.60. The molecular formula is C13H14N2O2. The second kappa shape index (κ2) is 4.41. The number of aromatic amines is 1. The van der Waals surface area contributed by atoms with Gasteiger partial charge in [-0.1, -0.05) is 18.2 Å². The van der Waals surface area contributed by atoms with Crippen molar-refractivity contribution in [3.05, 3.63) is 46.5 Å². The molecule has 1 N–H and O–H groups in total. The maximum Gasteiger partial charge on any atom is 0.259 e.